The standard InChI is InChI=1S/C9H8Cl2F3N.C8H7N3O2/c10-6-2-1-5(3-7(6)11)8(15)4-9(12,13)14;12-8(13)11-2-1-6-3-9-5-10-7(6)4-11/h1-3,8H,4,15H2;1,3-5H,2H2,(H,12,13). The summed E-state index contributed by atoms with van der Waals surface area (Å²) in [6.07, 6.45) is 0.00627. The predicted octanol–water partition coefficient (Wildman–Crippen LogP) is 2.93. The Bertz CT molecular complexity index is 970. The van der Waals surface area contributed by atoms with E-state index in [9.17, 15) is 18.0 Å². The highest BCUT2D eigenvalue weighted by molar-refractivity contribution is 6.42. The van der Waals surface area contributed by atoms with Crippen molar-refractivity contribution in [3.8, 4) is 0 Å². The van der Waals surface area contributed by atoms with Crippen molar-refractivity contribution in [2.75, 3.05) is 6.54 Å². The fraction of sp³-hybridized carbons (Fsp3) is 0.235. The van der Waals surface area contributed by atoms with Gasteiger partial charge in [0.2, 0.25) is 0 Å². The first-order valence-corrected chi connectivity index (χ1v) is 8.57. The van der Waals surface area contributed by atoms with Crippen LogP contribution in [0, 0.1) is 0 Å². The van der Waals surface area contributed by atoms with Crippen molar-refractivity contribution in [3.05, 3.63) is 56.9 Å². The number of nitrogens with zero attached hydrogens (tertiary/aromatic N) is 3. The van der Waals surface area contributed by atoms with Crippen LogP contribution in [0.25, 0.3) is 12.3 Å². The lowest BCUT2D eigenvalue weighted by Crippen LogP contribution is -2.39. The third-order valence-corrected chi connectivity index (χ3v) is 4.37. The summed E-state index contributed by atoms with van der Waals surface area (Å²) in [4.78, 5) is 19.6. The van der Waals surface area contributed by atoms with E-state index in [1.54, 1.807) is 12.3 Å². The molecule has 0 saturated carbocycles. The van der Waals surface area contributed by atoms with E-state index < -0.39 is 24.7 Å². The van der Waals surface area contributed by atoms with E-state index >= 15 is 0 Å². The molecule has 0 aliphatic carbocycles. The number of hydrogen-bond acceptors (Lipinski definition) is 4. The van der Waals surface area contributed by atoms with Crippen molar-refractivity contribution in [3.63, 3.8) is 0 Å². The minimum atomic E-state index is -4.29. The van der Waals surface area contributed by atoms with Gasteiger partial charge in [0.25, 0.3) is 0 Å². The van der Waals surface area contributed by atoms with E-state index in [-0.39, 0.29) is 5.02 Å². The number of fused-ring (bicyclic) bond motifs is 1. The number of amides is 1. The van der Waals surface area contributed by atoms with E-state index in [1.807, 2.05) is 0 Å². The highest BCUT2D eigenvalue weighted by Gasteiger charge is 2.31. The first-order valence-electron chi connectivity index (χ1n) is 7.81. The third kappa shape index (κ3) is 6.36. The zero-order valence-corrected chi connectivity index (χ0v) is 15.7. The zero-order valence-electron chi connectivity index (χ0n) is 14.2. The Hall–Kier alpha value is -2.36. The summed E-state index contributed by atoms with van der Waals surface area (Å²) in [6, 6.07) is 3.10. The molecule has 2 aromatic rings. The van der Waals surface area contributed by atoms with Crippen molar-refractivity contribution < 1.29 is 23.1 Å². The van der Waals surface area contributed by atoms with Gasteiger partial charge in [0.1, 0.15) is 6.33 Å². The molecule has 0 radical (unpaired) electrons. The Morgan fingerprint density at radius 1 is 1.32 bits per heavy atom. The summed E-state index contributed by atoms with van der Waals surface area (Å²) in [5, 5.41) is 10.7. The fourth-order valence-corrected chi connectivity index (χ4v) is 2.56. The van der Waals surface area contributed by atoms with Gasteiger partial charge in [-0.3, -0.25) is 4.90 Å². The van der Waals surface area contributed by atoms with Crippen LogP contribution in [0.5, 0.6) is 0 Å². The quantitative estimate of drug-likeness (QED) is 0.757. The number of rotatable bonds is 2. The summed E-state index contributed by atoms with van der Waals surface area (Å²) < 4.78 is 36.1. The molecule has 6 nitrogen and oxygen atoms in total. The van der Waals surface area contributed by atoms with Crippen molar-refractivity contribution in [2.24, 2.45) is 5.73 Å². The van der Waals surface area contributed by atoms with E-state index in [4.69, 9.17) is 34.0 Å². The fourth-order valence-electron chi connectivity index (χ4n) is 2.26. The molecule has 1 aliphatic heterocycles. The van der Waals surface area contributed by atoms with E-state index in [0.29, 0.717) is 22.5 Å². The van der Waals surface area contributed by atoms with Gasteiger partial charge in [-0.15, -0.1) is 0 Å². The highest BCUT2D eigenvalue weighted by atomic mass is 35.5. The van der Waals surface area contributed by atoms with E-state index in [2.05, 4.69) is 9.97 Å². The van der Waals surface area contributed by atoms with Gasteiger partial charge in [-0.2, -0.15) is 13.2 Å². The van der Waals surface area contributed by atoms with Crippen LogP contribution in [-0.4, -0.2) is 38.8 Å². The molecule has 150 valence electrons. The first kappa shape index (κ1) is 21.9. The maximum atomic E-state index is 12.0. The van der Waals surface area contributed by atoms with Gasteiger partial charge in [-0.05, 0) is 17.7 Å². The summed E-state index contributed by atoms with van der Waals surface area (Å²) in [6.45, 7) is 0.357. The van der Waals surface area contributed by atoms with E-state index in [0.717, 1.165) is 5.22 Å². The molecule has 1 amide bonds. The van der Waals surface area contributed by atoms with Crippen LogP contribution in [0.3, 0.4) is 0 Å². The molecule has 0 bridgehead atoms. The van der Waals surface area contributed by atoms with Crippen molar-refractivity contribution in [1.29, 1.82) is 0 Å². The molecular weight excluding hydrogens is 420 g/mol. The van der Waals surface area contributed by atoms with Gasteiger partial charge in [0, 0.05) is 30.2 Å². The largest absolute Gasteiger partial charge is 0.465 e. The van der Waals surface area contributed by atoms with Crippen molar-refractivity contribution in [2.45, 2.75) is 18.6 Å². The monoisotopic (exact) mass is 434 g/mol. The Labute approximate surface area is 167 Å². The summed E-state index contributed by atoms with van der Waals surface area (Å²) in [7, 11) is 0. The topological polar surface area (TPSA) is 92.3 Å². The molecule has 0 saturated heterocycles. The maximum Gasteiger partial charge on any atom is 0.411 e. The number of benzene rings is 1. The molecule has 1 aliphatic rings. The molecule has 28 heavy (non-hydrogen) atoms. The van der Waals surface area contributed by atoms with Crippen molar-refractivity contribution >= 4 is 41.6 Å². The van der Waals surface area contributed by atoms with Gasteiger partial charge in [0.05, 0.1) is 21.8 Å². The number of alkyl halides is 3. The maximum absolute atomic E-state index is 12.0. The molecule has 1 atom stereocenters. The lowest BCUT2D eigenvalue weighted by molar-refractivity contribution is -0.138. The Kier molecular flexibility index (Phi) is 7.22. The van der Waals surface area contributed by atoms with Crippen molar-refractivity contribution in [1.82, 2.24) is 14.9 Å². The van der Waals surface area contributed by atoms with Crippen LogP contribution in [0.4, 0.5) is 18.0 Å². The molecule has 1 unspecified atom stereocenters. The SMILES string of the molecule is NC(CC(F)(F)F)c1ccc(Cl)c(Cl)c1.O=C(O)N1C=c2ncncc2=CC1. The minimum Gasteiger partial charge on any atom is -0.465 e. The molecule has 1 aromatic heterocycles. The second kappa shape index (κ2) is 9.22. The lowest BCUT2D eigenvalue weighted by Gasteiger charge is -2.14. The second-order valence-corrected chi connectivity index (χ2v) is 6.55. The molecule has 11 heteroatoms. The highest BCUT2D eigenvalue weighted by Crippen LogP contribution is 2.30. The Morgan fingerprint density at radius 3 is 2.64 bits per heavy atom. The van der Waals surface area contributed by atoms with Gasteiger partial charge in [-0.25, -0.2) is 14.8 Å². The molecule has 1 aromatic carbocycles. The smallest absolute Gasteiger partial charge is 0.411 e. The number of aromatic nitrogens is 2. The van der Waals surface area contributed by atoms with Crippen LogP contribution < -0.4 is 16.3 Å². The molecule has 3 rings (SSSR count). The van der Waals surface area contributed by atoms with Gasteiger partial charge in [0.15, 0.2) is 0 Å². The third-order valence-electron chi connectivity index (χ3n) is 3.63. The molecule has 2 heterocycles. The summed E-state index contributed by atoms with van der Waals surface area (Å²) in [5.41, 5.74) is 5.70. The number of carboxylic acid groups (broad SMARTS) is 1. The Morgan fingerprint density at radius 2 is 2.04 bits per heavy atom. The lowest BCUT2D eigenvalue weighted by atomic mass is 10.0. The minimum absolute atomic E-state index is 0.201. The van der Waals surface area contributed by atoms with Gasteiger partial charge in [-0.1, -0.05) is 35.3 Å². The first-order chi connectivity index (χ1) is 13.1. The summed E-state index contributed by atoms with van der Waals surface area (Å²) >= 11 is 11.3. The molecule has 3 N–H and O–H groups in total. The van der Waals surface area contributed by atoms with Crippen LogP contribution in [0.1, 0.15) is 18.0 Å². The van der Waals surface area contributed by atoms with E-state index in [1.165, 1.54) is 35.6 Å². The number of nitrogens with two attached hydrogens (primary N) is 1. The van der Waals surface area contributed by atoms with Crippen LogP contribution >= 0.6 is 23.2 Å². The van der Waals surface area contributed by atoms with Crippen LogP contribution in [0.2, 0.25) is 10.0 Å². The normalized spacial score (nSPS) is 14.0. The zero-order chi connectivity index (χ0) is 20.9. The van der Waals surface area contributed by atoms with Gasteiger partial charge >= 0.3 is 12.3 Å². The second-order valence-electron chi connectivity index (χ2n) is 5.73. The number of carbonyl (C=O) groups is 1. The average Bonchev–Trinajstić information content (AvgIpc) is 2.62. The van der Waals surface area contributed by atoms with Gasteiger partial charge < -0.3 is 10.8 Å². The Balaban J connectivity index is 0.000000202. The predicted molar refractivity (Wildman–Crippen MR) is 99.0 cm³/mol. The number of hydrogen-bond donors (Lipinski definition) is 2. The van der Waals surface area contributed by atoms with Crippen LogP contribution in [0.15, 0.2) is 30.7 Å². The number of halogens is 5. The summed E-state index contributed by atoms with van der Waals surface area (Å²) in [5.74, 6) is 0. The average molecular weight is 435 g/mol. The van der Waals surface area contributed by atoms with Crippen LogP contribution in [-0.2, 0) is 0 Å². The molecule has 0 spiro atoms. The molecular formula is C17H15Cl2F3N4O2. The molecule has 0 fully saturated rings.